The van der Waals surface area contributed by atoms with E-state index < -0.39 is 11.4 Å². The lowest BCUT2D eigenvalue weighted by molar-refractivity contribution is 0.0694. The van der Waals surface area contributed by atoms with E-state index in [0.29, 0.717) is 5.56 Å². The molecule has 0 amide bonds. The van der Waals surface area contributed by atoms with Crippen molar-refractivity contribution in [3.05, 3.63) is 22.2 Å². The molecule has 0 aromatic heterocycles. The summed E-state index contributed by atoms with van der Waals surface area (Å²) < 4.78 is 0. The van der Waals surface area contributed by atoms with Crippen molar-refractivity contribution >= 4 is 28.9 Å². The Balaban J connectivity index is 3.68. The number of anilines is 2. The third kappa shape index (κ3) is 2.07. The monoisotopic (exact) mass is 242 g/mol. The quantitative estimate of drug-likeness (QED) is 0.660. The minimum Gasteiger partial charge on any atom is -0.478 e. The molecule has 0 saturated heterocycles. The lowest BCUT2D eigenvalue weighted by atomic mass is 9.82. The Bertz CT molecular complexity index is 450. The van der Waals surface area contributed by atoms with E-state index >= 15 is 0 Å². The summed E-state index contributed by atoms with van der Waals surface area (Å²) in [6.07, 6.45) is 0. The van der Waals surface area contributed by atoms with Crippen molar-refractivity contribution < 1.29 is 9.90 Å². The second kappa shape index (κ2) is 3.87. The fraction of sp³-hybridized carbons (Fsp3) is 0.364. The number of benzene rings is 1. The molecule has 4 nitrogen and oxygen atoms in total. The van der Waals surface area contributed by atoms with Gasteiger partial charge in [0.15, 0.2) is 0 Å². The molecule has 0 bridgehead atoms. The molecule has 0 aliphatic heterocycles. The lowest BCUT2D eigenvalue weighted by Crippen LogP contribution is -2.20. The molecule has 1 aromatic carbocycles. The summed E-state index contributed by atoms with van der Waals surface area (Å²) in [5.41, 5.74) is 12.1. The second-order valence-corrected chi connectivity index (χ2v) is 5.05. The highest BCUT2D eigenvalue weighted by atomic mass is 35.5. The highest BCUT2D eigenvalue weighted by Crippen LogP contribution is 2.38. The molecule has 1 rings (SSSR count). The molecule has 16 heavy (non-hydrogen) atoms. The average molecular weight is 243 g/mol. The Morgan fingerprint density at radius 3 is 2.25 bits per heavy atom. The van der Waals surface area contributed by atoms with Gasteiger partial charge in [0.25, 0.3) is 0 Å². The van der Waals surface area contributed by atoms with Gasteiger partial charge < -0.3 is 16.6 Å². The Labute approximate surface area is 99.2 Å². The molecule has 0 saturated carbocycles. The molecule has 0 fully saturated rings. The number of halogens is 1. The summed E-state index contributed by atoms with van der Waals surface area (Å²) in [5, 5.41) is 9.33. The van der Waals surface area contributed by atoms with Crippen LogP contribution in [0.5, 0.6) is 0 Å². The van der Waals surface area contributed by atoms with Gasteiger partial charge in [-0.05, 0) is 17.0 Å². The van der Waals surface area contributed by atoms with Crippen LogP contribution in [-0.4, -0.2) is 11.1 Å². The molecule has 5 heteroatoms. The predicted octanol–water partition coefficient (Wildman–Crippen LogP) is 2.50. The maximum atomic E-state index is 11.1. The summed E-state index contributed by atoms with van der Waals surface area (Å²) >= 11 is 5.92. The standard InChI is InChI=1S/C11H15ClN2O2/c1-11(2,3)7-5(10(15)16)4-6(13)8(12)9(7)14/h4H,13-14H2,1-3H3,(H,15,16). The van der Waals surface area contributed by atoms with Crippen LogP contribution in [0.3, 0.4) is 0 Å². The first-order chi connectivity index (χ1) is 7.16. The van der Waals surface area contributed by atoms with Crippen molar-refractivity contribution in [1.82, 2.24) is 0 Å². The fourth-order valence-electron chi connectivity index (χ4n) is 1.68. The molecule has 0 aliphatic carbocycles. The van der Waals surface area contributed by atoms with Gasteiger partial charge >= 0.3 is 5.97 Å². The zero-order valence-electron chi connectivity index (χ0n) is 9.47. The normalized spacial score (nSPS) is 11.5. The molecule has 0 radical (unpaired) electrons. The summed E-state index contributed by atoms with van der Waals surface area (Å²) in [7, 11) is 0. The number of nitrogen functional groups attached to an aromatic ring is 2. The van der Waals surface area contributed by atoms with E-state index in [1.54, 1.807) is 0 Å². The van der Waals surface area contributed by atoms with Gasteiger partial charge in [-0.3, -0.25) is 0 Å². The van der Waals surface area contributed by atoms with Crippen LogP contribution < -0.4 is 11.5 Å². The van der Waals surface area contributed by atoms with Crippen LogP contribution in [0.4, 0.5) is 11.4 Å². The highest BCUT2D eigenvalue weighted by molar-refractivity contribution is 6.36. The summed E-state index contributed by atoms with van der Waals surface area (Å²) in [6.45, 7) is 5.62. The van der Waals surface area contributed by atoms with E-state index in [9.17, 15) is 4.79 Å². The van der Waals surface area contributed by atoms with Crippen molar-refractivity contribution in [1.29, 1.82) is 0 Å². The molecule has 0 aliphatic rings. The third-order valence-corrected chi connectivity index (χ3v) is 2.73. The summed E-state index contributed by atoms with van der Waals surface area (Å²) in [4.78, 5) is 11.1. The van der Waals surface area contributed by atoms with Gasteiger partial charge in [0.05, 0.1) is 22.0 Å². The van der Waals surface area contributed by atoms with Crippen LogP contribution in [-0.2, 0) is 5.41 Å². The first kappa shape index (κ1) is 12.6. The maximum absolute atomic E-state index is 11.1. The van der Waals surface area contributed by atoms with Crippen molar-refractivity contribution in [3.63, 3.8) is 0 Å². The first-order valence-electron chi connectivity index (χ1n) is 4.77. The van der Waals surface area contributed by atoms with Gasteiger partial charge in [0.2, 0.25) is 0 Å². The number of carboxylic acid groups (broad SMARTS) is 1. The molecule has 0 spiro atoms. The average Bonchev–Trinajstić information content (AvgIpc) is 2.10. The molecule has 5 N–H and O–H groups in total. The molecular weight excluding hydrogens is 228 g/mol. The van der Waals surface area contributed by atoms with Crippen LogP contribution >= 0.6 is 11.6 Å². The first-order valence-corrected chi connectivity index (χ1v) is 5.15. The Kier molecular flexibility index (Phi) is 3.06. The second-order valence-electron chi connectivity index (χ2n) is 4.67. The van der Waals surface area contributed by atoms with Gasteiger partial charge in [-0.15, -0.1) is 0 Å². The van der Waals surface area contributed by atoms with Crippen molar-refractivity contribution in [2.75, 3.05) is 11.5 Å². The highest BCUT2D eigenvalue weighted by Gasteiger charge is 2.26. The number of rotatable bonds is 1. The van der Waals surface area contributed by atoms with Crippen LogP contribution in [0.15, 0.2) is 6.07 Å². The van der Waals surface area contributed by atoms with Gasteiger partial charge in [0, 0.05) is 0 Å². The van der Waals surface area contributed by atoms with Crippen molar-refractivity contribution in [2.24, 2.45) is 0 Å². The number of hydrogen-bond donors (Lipinski definition) is 3. The Morgan fingerprint density at radius 2 is 1.88 bits per heavy atom. The smallest absolute Gasteiger partial charge is 0.336 e. The minimum atomic E-state index is -1.06. The largest absolute Gasteiger partial charge is 0.478 e. The number of carbonyl (C=O) groups is 1. The van der Waals surface area contributed by atoms with Crippen molar-refractivity contribution in [3.8, 4) is 0 Å². The van der Waals surface area contributed by atoms with Crippen LogP contribution in [0.2, 0.25) is 5.02 Å². The molecular formula is C11H15ClN2O2. The van der Waals surface area contributed by atoms with E-state index in [2.05, 4.69) is 0 Å². The zero-order valence-corrected chi connectivity index (χ0v) is 10.2. The molecule has 0 atom stereocenters. The fourth-order valence-corrected chi connectivity index (χ4v) is 1.83. The van der Waals surface area contributed by atoms with Crippen LogP contribution in [0.1, 0.15) is 36.7 Å². The summed E-state index contributed by atoms with van der Waals surface area (Å²) in [6, 6.07) is 1.35. The van der Waals surface area contributed by atoms with Gasteiger partial charge in [0.1, 0.15) is 0 Å². The maximum Gasteiger partial charge on any atom is 0.336 e. The van der Waals surface area contributed by atoms with Crippen molar-refractivity contribution in [2.45, 2.75) is 26.2 Å². The number of hydrogen-bond acceptors (Lipinski definition) is 3. The molecule has 1 aromatic rings. The molecule has 0 unspecified atom stereocenters. The lowest BCUT2D eigenvalue weighted by Gasteiger charge is -2.24. The predicted molar refractivity (Wildman–Crippen MR) is 65.9 cm³/mol. The van der Waals surface area contributed by atoms with Gasteiger partial charge in [-0.25, -0.2) is 4.79 Å². The van der Waals surface area contributed by atoms with Gasteiger partial charge in [-0.1, -0.05) is 32.4 Å². The number of aromatic carboxylic acids is 1. The minimum absolute atomic E-state index is 0.104. The van der Waals surface area contributed by atoms with Gasteiger partial charge in [-0.2, -0.15) is 0 Å². The summed E-state index contributed by atoms with van der Waals surface area (Å²) in [5.74, 6) is -1.06. The number of carboxylic acids is 1. The Hall–Kier alpha value is -1.42. The topological polar surface area (TPSA) is 89.3 Å². The third-order valence-electron chi connectivity index (χ3n) is 2.31. The van der Waals surface area contributed by atoms with E-state index in [-0.39, 0.29) is 22.0 Å². The number of nitrogens with two attached hydrogens (primary N) is 2. The SMILES string of the molecule is CC(C)(C)c1c(C(=O)O)cc(N)c(Cl)c1N. The van der Waals surface area contributed by atoms with E-state index in [1.807, 2.05) is 20.8 Å². The van der Waals surface area contributed by atoms with E-state index in [4.69, 9.17) is 28.2 Å². The zero-order chi connectivity index (χ0) is 12.7. The van der Waals surface area contributed by atoms with Crippen LogP contribution in [0.25, 0.3) is 0 Å². The molecule has 88 valence electrons. The van der Waals surface area contributed by atoms with E-state index in [1.165, 1.54) is 6.07 Å². The van der Waals surface area contributed by atoms with E-state index in [0.717, 1.165) is 0 Å². The van der Waals surface area contributed by atoms with Crippen LogP contribution in [0, 0.1) is 0 Å². The molecule has 0 heterocycles. The Morgan fingerprint density at radius 1 is 1.38 bits per heavy atom.